The highest BCUT2D eigenvalue weighted by atomic mass is 16.3. The second-order valence-electron chi connectivity index (χ2n) is 5.47. The molecule has 88 valence electrons. The summed E-state index contributed by atoms with van der Waals surface area (Å²) >= 11 is 0. The maximum atomic E-state index is 10.1. The van der Waals surface area contributed by atoms with Crippen molar-refractivity contribution in [1.29, 1.82) is 0 Å². The highest BCUT2D eigenvalue weighted by Crippen LogP contribution is 2.30. The number of aliphatic hydroxyl groups is 2. The Morgan fingerprint density at radius 2 is 1.07 bits per heavy atom. The topological polar surface area (TPSA) is 52.5 Å². The van der Waals surface area contributed by atoms with Crippen LogP contribution in [0.1, 0.15) is 51.4 Å². The molecule has 2 aliphatic rings. The highest BCUT2D eigenvalue weighted by molar-refractivity contribution is 4.90. The molecular weight excluding hydrogens is 190 g/mol. The molecule has 2 saturated carbocycles. The zero-order valence-corrected chi connectivity index (χ0v) is 9.47. The lowest BCUT2D eigenvalue weighted by Gasteiger charge is -2.27. The zero-order chi connectivity index (χ0) is 10.8. The van der Waals surface area contributed by atoms with Crippen molar-refractivity contribution < 1.29 is 10.2 Å². The third-order valence-electron chi connectivity index (χ3n) is 3.98. The molecule has 0 radical (unpaired) electrons. The third-order valence-corrected chi connectivity index (χ3v) is 3.98. The number of hydrogen-bond donors (Lipinski definition) is 3. The lowest BCUT2D eigenvalue weighted by Crippen LogP contribution is -2.45. The average molecular weight is 213 g/mol. The first-order chi connectivity index (χ1) is 7.12. The average Bonchev–Trinajstić information content (AvgIpc) is 2.76. The summed E-state index contributed by atoms with van der Waals surface area (Å²) in [5.41, 5.74) is -0.982. The number of hydrogen-bond acceptors (Lipinski definition) is 3. The van der Waals surface area contributed by atoms with Crippen LogP contribution in [0.25, 0.3) is 0 Å². The third kappa shape index (κ3) is 2.92. The van der Waals surface area contributed by atoms with Gasteiger partial charge in [-0.1, -0.05) is 25.7 Å². The van der Waals surface area contributed by atoms with Crippen LogP contribution in [0.3, 0.4) is 0 Å². The van der Waals surface area contributed by atoms with Gasteiger partial charge in [0.1, 0.15) is 0 Å². The second kappa shape index (κ2) is 4.40. The molecule has 2 aliphatic carbocycles. The predicted octanol–water partition coefficient (Wildman–Crippen LogP) is 1.19. The minimum atomic E-state index is -0.491. The van der Waals surface area contributed by atoms with Crippen molar-refractivity contribution in [1.82, 2.24) is 5.32 Å². The van der Waals surface area contributed by atoms with Gasteiger partial charge < -0.3 is 15.5 Å². The zero-order valence-electron chi connectivity index (χ0n) is 9.47. The Morgan fingerprint density at radius 3 is 1.40 bits per heavy atom. The minimum Gasteiger partial charge on any atom is -0.389 e. The summed E-state index contributed by atoms with van der Waals surface area (Å²) < 4.78 is 0. The highest BCUT2D eigenvalue weighted by Gasteiger charge is 2.34. The van der Waals surface area contributed by atoms with E-state index in [4.69, 9.17) is 0 Å². The van der Waals surface area contributed by atoms with E-state index in [1.165, 1.54) is 0 Å². The van der Waals surface area contributed by atoms with Crippen LogP contribution in [0.15, 0.2) is 0 Å². The van der Waals surface area contributed by atoms with Crippen LogP contribution >= 0.6 is 0 Å². The van der Waals surface area contributed by atoms with Gasteiger partial charge in [0.2, 0.25) is 0 Å². The van der Waals surface area contributed by atoms with Gasteiger partial charge in [-0.15, -0.1) is 0 Å². The van der Waals surface area contributed by atoms with Gasteiger partial charge in [-0.25, -0.2) is 0 Å². The largest absolute Gasteiger partial charge is 0.389 e. The molecular formula is C12H23NO2. The monoisotopic (exact) mass is 213 g/mol. The first-order valence-corrected chi connectivity index (χ1v) is 6.28. The van der Waals surface area contributed by atoms with Crippen LogP contribution in [0.5, 0.6) is 0 Å². The van der Waals surface area contributed by atoms with Crippen LogP contribution in [0, 0.1) is 0 Å². The summed E-state index contributed by atoms with van der Waals surface area (Å²) in [5.74, 6) is 0. The molecule has 0 amide bonds. The standard InChI is InChI=1S/C12H23NO2/c14-11(5-1-2-6-11)9-13-10-12(15)7-3-4-8-12/h13-15H,1-10H2. The fourth-order valence-corrected chi connectivity index (χ4v) is 2.95. The molecule has 0 unspecified atom stereocenters. The van der Waals surface area contributed by atoms with Gasteiger partial charge in [0.15, 0.2) is 0 Å². The van der Waals surface area contributed by atoms with Crippen LogP contribution in [-0.2, 0) is 0 Å². The predicted molar refractivity (Wildman–Crippen MR) is 59.7 cm³/mol. The van der Waals surface area contributed by atoms with Gasteiger partial charge in [0.05, 0.1) is 11.2 Å². The second-order valence-corrected chi connectivity index (χ2v) is 5.47. The van der Waals surface area contributed by atoms with Crippen molar-refractivity contribution in [2.75, 3.05) is 13.1 Å². The Morgan fingerprint density at radius 1 is 0.733 bits per heavy atom. The van der Waals surface area contributed by atoms with Crippen molar-refractivity contribution in [3.63, 3.8) is 0 Å². The Hall–Kier alpha value is -0.120. The fraction of sp³-hybridized carbons (Fsp3) is 1.00. The summed E-state index contributed by atoms with van der Waals surface area (Å²) in [6.07, 6.45) is 8.23. The lowest BCUT2D eigenvalue weighted by atomic mass is 10.00. The van der Waals surface area contributed by atoms with Crippen molar-refractivity contribution in [2.24, 2.45) is 0 Å². The molecule has 0 aromatic heterocycles. The molecule has 0 aromatic rings. The molecule has 2 fully saturated rings. The maximum absolute atomic E-state index is 10.1. The smallest absolute Gasteiger partial charge is 0.0771 e. The molecule has 15 heavy (non-hydrogen) atoms. The van der Waals surface area contributed by atoms with Crippen molar-refractivity contribution in [3.8, 4) is 0 Å². The molecule has 0 spiro atoms. The van der Waals surface area contributed by atoms with Gasteiger partial charge in [-0.05, 0) is 25.7 Å². The van der Waals surface area contributed by atoms with Crippen molar-refractivity contribution in [3.05, 3.63) is 0 Å². The fourth-order valence-electron chi connectivity index (χ4n) is 2.95. The number of rotatable bonds is 4. The molecule has 3 nitrogen and oxygen atoms in total. The Bertz CT molecular complexity index is 184. The molecule has 0 bridgehead atoms. The maximum Gasteiger partial charge on any atom is 0.0771 e. The van der Waals surface area contributed by atoms with Crippen LogP contribution < -0.4 is 5.32 Å². The van der Waals surface area contributed by atoms with Gasteiger partial charge >= 0.3 is 0 Å². The number of nitrogens with one attached hydrogen (secondary N) is 1. The molecule has 0 aliphatic heterocycles. The van der Waals surface area contributed by atoms with Gasteiger partial charge in [-0.2, -0.15) is 0 Å². The molecule has 2 rings (SSSR count). The van der Waals surface area contributed by atoms with Crippen molar-refractivity contribution in [2.45, 2.75) is 62.6 Å². The van der Waals surface area contributed by atoms with Crippen LogP contribution in [0.2, 0.25) is 0 Å². The molecule has 0 heterocycles. The quantitative estimate of drug-likeness (QED) is 0.657. The van der Waals surface area contributed by atoms with Crippen LogP contribution in [-0.4, -0.2) is 34.5 Å². The van der Waals surface area contributed by atoms with E-state index < -0.39 is 11.2 Å². The summed E-state index contributed by atoms with van der Waals surface area (Å²) in [5, 5.41) is 23.5. The Balaban J connectivity index is 1.69. The van der Waals surface area contributed by atoms with Crippen molar-refractivity contribution >= 4 is 0 Å². The molecule has 0 atom stereocenters. The lowest BCUT2D eigenvalue weighted by molar-refractivity contribution is 0.0222. The molecule has 0 saturated heterocycles. The summed E-state index contributed by atoms with van der Waals surface area (Å²) in [4.78, 5) is 0. The van der Waals surface area contributed by atoms with E-state index in [0.717, 1.165) is 51.4 Å². The van der Waals surface area contributed by atoms with E-state index >= 15 is 0 Å². The van der Waals surface area contributed by atoms with E-state index in [2.05, 4.69) is 5.32 Å². The van der Waals surface area contributed by atoms with Gasteiger partial charge in [0.25, 0.3) is 0 Å². The first-order valence-electron chi connectivity index (χ1n) is 6.28. The summed E-state index contributed by atoms with van der Waals surface area (Å²) in [6.45, 7) is 1.30. The van der Waals surface area contributed by atoms with Crippen LogP contribution in [0.4, 0.5) is 0 Å². The molecule has 3 heteroatoms. The molecule has 3 N–H and O–H groups in total. The SMILES string of the molecule is OC1(CNCC2(O)CCCC2)CCCC1. The van der Waals surface area contributed by atoms with E-state index in [0.29, 0.717) is 13.1 Å². The minimum absolute atomic E-state index is 0.491. The van der Waals surface area contributed by atoms with E-state index in [-0.39, 0.29) is 0 Å². The summed E-state index contributed by atoms with van der Waals surface area (Å²) in [7, 11) is 0. The van der Waals surface area contributed by atoms with E-state index in [9.17, 15) is 10.2 Å². The van der Waals surface area contributed by atoms with Gasteiger partial charge in [-0.3, -0.25) is 0 Å². The molecule has 0 aromatic carbocycles. The Labute approximate surface area is 91.9 Å². The summed E-state index contributed by atoms with van der Waals surface area (Å²) in [6, 6.07) is 0. The first kappa shape index (κ1) is 11.4. The Kier molecular flexibility index (Phi) is 3.33. The van der Waals surface area contributed by atoms with E-state index in [1.54, 1.807) is 0 Å². The normalized spacial score (nSPS) is 28.4. The van der Waals surface area contributed by atoms with Gasteiger partial charge in [0, 0.05) is 13.1 Å². The van der Waals surface area contributed by atoms with E-state index in [1.807, 2.05) is 0 Å².